The Bertz CT molecular complexity index is 719. The fourth-order valence-corrected chi connectivity index (χ4v) is 4.30. The minimum absolute atomic E-state index is 0.701. The van der Waals surface area contributed by atoms with Gasteiger partial charge in [-0.1, -0.05) is 98.3 Å². The van der Waals surface area contributed by atoms with Crippen LogP contribution in [0.2, 0.25) is 5.02 Å². The van der Waals surface area contributed by atoms with E-state index in [4.69, 9.17) is 21.1 Å². The van der Waals surface area contributed by atoms with Crippen LogP contribution in [0.15, 0.2) is 30.3 Å². The predicted octanol–water partition coefficient (Wildman–Crippen LogP) is 9.35. The fourth-order valence-electron chi connectivity index (χ4n) is 3.61. The average Bonchev–Trinajstić information content (AvgIpc) is 2.76. The van der Waals surface area contributed by atoms with Crippen LogP contribution in [0.5, 0.6) is 11.5 Å². The Hall–Kier alpha value is -0.930. The second-order valence-corrected chi connectivity index (χ2v) is 9.21. The Labute approximate surface area is 196 Å². The monoisotopic (exact) mass is 496 g/mol. The Kier molecular flexibility index (Phi) is 13.3. The second-order valence-electron chi connectivity index (χ2n) is 8.04. The van der Waals surface area contributed by atoms with Crippen molar-refractivity contribution >= 4 is 38.3 Å². The van der Waals surface area contributed by atoms with Crippen molar-refractivity contribution in [3.05, 3.63) is 35.4 Å². The molecule has 0 saturated heterocycles. The Morgan fingerprint density at radius 3 is 2.07 bits per heavy atom. The number of halogens is 2. The summed E-state index contributed by atoms with van der Waals surface area (Å²) in [6, 6.07) is 10.2. The maximum atomic E-state index is 6.61. The number of hydrogen-bond acceptors (Lipinski definition) is 2. The molecule has 0 aliphatic rings. The second kappa shape index (κ2) is 15.8. The molecule has 0 aromatic heterocycles. The van der Waals surface area contributed by atoms with E-state index in [-0.39, 0.29) is 0 Å². The van der Waals surface area contributed by atoms with Crippen LogP contribution in [0.3, 0.4) is 0 Å². The fraction of sp³-hybridized carbons (Fsp3) is 0.615. The van der Waals surface area contributed by atoms with Gasteiger partial charge >= 0.3 is 0 Å². The van der Waals surface area contributed by atoms with E-state index >= 15 is 0 Å². The third-order valence-electron chi connectivity index (χ3n) is 5.44. The minimum Gasteiger partial charge on any atom is -0.494 e. The molecule has 0 saturated carbocycles. The highest BCUT2D eigenvalue weighted by molar-refractivity contribution is 9.09. The number of benzene rings is 2. The molecule has 4 heteroatoms. The van der Waals surface area contributed by atoms with Crippen molar-refractivity contribution in [1.29, 1.82) is 0 Å². The summed E-state index contributed by atoms with van der Waals surface area (Å²) < 4.78 is 11.9. The molecule has 0 bridgehead atoms. The smallest absolute Gasteiger partial charge is 0.138 e. The summed E-state index contributed by atoms with van der Waals surface area (Å²) >= 11 is 10.1. The van der Waals surface area contributed by atoms with Crippen LogP contribution in [0.25, 0.3) is 10.8 Å². The summed E-state index contributed by atoms with van der Waals surface area (Å²) in [5, 5.41) is 3.94. The first-order valence-electron chi connectivity index (χ1n) is 11.8. The molecule has 0 fully saturated rings. The Morgan fingerprint density at radius 2 is 1.37 bits per heavy atom. The van der Waals surface area contributed by atoms with Gasteiger partial charge in [-0.15, -0.1) is 0 Å². The first kappa shape index (κ1) is 25.3. The van der Waals surface area contributed by atoms with Gasteiger partial charge in [-0.3, -0.25) is 0 Å². The lowest BCUT2D eigenvalue weighted by Gasteiger charge is -2.12. The Morgan fingerprint density at radius 1 is 0.733 bits per heavy atom. The summed E-state index contributed by atoms with van der Waals surface area (Å²) in [5.41, 5.74) is 0. The molecule has 0 radical (unpaired) electrons. The van der Waals surface area contributed by atoms with Crippen LogP contribution in [-0.2, 0) is 0 Å². The molecule has 2 aromatic carbocycles. The molecule has 0 aliphatic heterocycles. The van der Waals surface area contributed by atoms with E-state index in [2.05, 4.69) is 35.0 Å². The lowest BCUT2D eigenvalue weighted by molar-refractivity contribution is 0.304. The topological polar surface area (TPSA) is 18.5 Å². The van der Waals surface area contributed by atoms with Gasteiger partial charge in [0.1, 0.15) is 11.5 Å². The standard InChI is InChI=1S/C26H38BrClO2/c1-2-3-4-5-9-12-19-29-23-15-16-24-22(21-23)14-17-25(26(24)28)30-20-13-10-7-6-8-11-18-27/h14-17,21H,2-13,18-20H2,1H3. The van der Waals surface area contributed by atoms with E-state index in [9.17, 15) is 0 Å². The number of unbranched alkanes of at least 4 members (excludes halogenated alkanes) is 10. The summed E-state index contributed by atoms with van der Waals surface area (Å²) in [6.45, 7) is 3.76. The van der Waals surface area contributed by atoms with Crippen LogP contribution >= 0.6 is 27.5 Å². The van der Waals surface area contributed by atoms with Crippen molar-refractivity contribution < 1.29 is 9.47 Å². The van der Waals surface area contributed by atoms with Crippen molar-refractivity contribution in [2.24, 2.45) is 0 Å². The van der Waals surface area contributed by atoms with E-state index in [0.717, 1.165) is 53.7 Å². The van der Waals surface area contributed by atoms with Gasteiger partial charge in [0.05, 0.1) is 18.2 Å². The summed E-state index contributed by atoms with van der Waals surface area (Å²) in [5.74, 6) is 1.70. The molecule has 0 heterocycles. The zero-order chi connectivity index (χ0) is 21.4. The SMILES string of the molecule is CCCCCCCCOc1ccc2c(Cl)c(OCCCCCCCCBr)ccc2c1. The van der Waals surface area contributed by atoms with Crippen LogP contribution in [0.1, 0.15) is 84.0 Å². The molecule has 0 atom stereocenters. The van der Waals surface area contributed by atoms with E-state index < -0.39 is 0 Å². The van der Waals surface area contributed by atoms with E-state index in [1.165, 1.54) is 64.2 Å². The van der Waals surface area contributed by atoms with Crippen LogP contribution in [-0.4, -0.2) is 18.5 Å². The van der Waals surface area contributed by atoms with Crippen molar-refractivity contribution in [3.63, 3.8) is 0 Å². The van der Waals surface area contributed by atoms with Gasteiger partial charge in [-0.2, -0.15) is 0 Å². The number of hydrogen-bond donors (Lipinski definition) is 0. The van der Waals surface area contributed by atoms with Gasteiger partial charge in [0, 0.05) is 10.7 Å². The molecule has 2 rings (SSSR count). The van der Waals surface area contributed by atoms with Gasteiger partial charge in [-0.25, -0.2) is 0 Å². The Balaban J connectivity index is 1.74. The van der Waals surface area contributed by atoms with Crippen molar-refractivity contribution in [1.82, 2.24) is 0 Å². The van der Waals surface area contributed by atoms with Gasteiger partial charge in [0.15, 0.2) is 0 Å². The van der Waals surface area contributed by atoms with Gasteiger partial charge < -0.3 is 9.47 Å². The molecule has 168 valence electrons. The number of ether oxygens (including phenoxy) is 2. The average molecular weight is 498 g/mol. The largest absolute Gasteiger partial charge is 0.494 e. The lowest BCUT2D eigenvalue weighted by atomic mass is 10.1. The zero-order valence-corrected chi connectivity index (χ0v) is 20.9. The molecule has 0 spiro atoms. The highest BCUT2D eigenvalue weighted by Crippen LogP contribution is 2.34. The first-order valence-corrected chi connectivity index (χ1v) is 13.3. The van der Waals surface area contributed by atoms with Crippen molar-refractivity contribution in [2.45, 2.75) is 84.0 Å². The van der Waals surface area contributed by atoms with Gasteiger partial charge in [-0.05, 0) is 48.9 Å². The summed E-state index contributed by atoms with van der Waals surface area (Å²) in [4.78, 5) is 0. The molecule has 0 aliphatic carbocycles. The van der Waals surface area contributed by atoms with Crippen LogP contribution < -0.4 is 9.47 Å². The van der Waals surface area contributed by atoms with Crippen LogP contribution in [0, 0.1) is 0 Å². The van der Waals surface area contributed by atoms with E-state index in [1.54, 1.807) is 0 Å². The molecule has 0 amide bonds. The number of fused-ring (bicyclic) bond motifs is 1. The summed E-state index contributed by atoms with van der Waals surface area (Å²) in [6.07, 6.45) is 15.1. The van der Waals surface area contributed by atoms with Crippen molar-refractivity contribution in [2.75, 3.05) is 18.5 Å². The lowest BCUT2D eigenvalue weighted by Crippen LogP contribution is -1.99. The third-order valence-corrected chi connectivity index (χ3v) is 6.39. The third kappa shape index (κ3) is 9.47. The first-order chi connectivity index (χ1) is 14.8. The molecule has 0 N–H and O–H groups in total. The summed E-state index contributed by atoms with van der Waals surface area (Å²) in [7, 11) is 0. The van der Waals surface area contributed by atoms with E-state index in [1.807, 2.05) is 18.2 Å². The normalized spacial score (nSPS) is 11.2. The number of rotatable bonds is 17. The van der Waals surface area contributed by atoms with Crippen LogP contribution in [0.4, 0.5) is 0 Å². The van der Waals surface area contributed by atoms with Gasteiger partial charge in [0.25, 0.3) is 0 Å². The molecule has 0 unspecified atom stereocenters. The molecular formula is C26H38BrClO2. The van der Waals surface area contributed by atoms with Gasteiger partial charge in [0.2, 0.25) is 0 Å². The molecule has 2 nitrogen and oxygen atoms in total. The minimum atomic E-state index is 0.701. The zero-order valence-electron chi connectivity index (χ0n) is 18.6. The van der Waals surface area contributed by atoms with E-state index in [0.29, 0.717) is 5.02 Å². The molecular weight excluding hydrogens is 460 g/mol. The molecule has 30 heavy (non-hydrogen) atoms. The maximum Gasteiger partial charge on any atom is 0.138 e. The quantitative estimate of drug-likeness (QED) is 0.160. The highest BCUT2D eigenvalue weighted by atomic mass is 79.9. The molecule has 2 aromatic rings. The number of alkyl halides is 1. The predicted molar refractivity (Wildman–Crippen MR) is 135 cm³/mol. The maximum absolute atomic E-state index is 6.61. The highest BCUT2D eigenvalue weighted by Gasteiger charge is 2.08. The van der Waals surface area contributed by atoms with Crippen molar-refractivity contribution in [3.8, 4) is 11.5 Å².